The Morgan fingerprint density at radius 3 is 2.62 bits per heavy atom. The van der Waals surface area contributed by atoms with E-state index in [1.165, 1.54) is 19.2 Å². The van der Waals surface area contributed by atoms with Gasteiger partial charge in [0.25, 0.3) is 0 Å². The van der Waals surface area contributed by atoms with Gasteiger partial charge in [0.05, 0.1) is 31.3 Å². The first-order valence-corrected chi connectivity index (χ1v) is 20.3. The molecule has 2 bridgehead atoms. The summed E-state index contributed by atoms with van der Waals surface area (Å²) in [5.74, 6) is -3.78. The van der Waals surface area contributed by atoms with Gasteiger partial charge in [0.1, 0.15) is 23.7 Å². The van der Waals surface area contributed by atoms with Crippen LogP contribution in [0.3, 0.4) is 0 Å². The maximum Gasteiger partial charge on any atom is 0.316 e. The fraction of sp³-hybridized carbons (Fsp3) is 0.674. The lowest BCUT2D eigenvalue weighted by Crippen LogP contribution is -2.59. The Morgan fingerprint density at radius 1 is 1.12 bits per heavy atom. The van der Waals surface area contributed by atoms with Crippen molar-refractivity contribution in [2.24, 2.45) is 23.7 Å². The van der Waals surface area contributed by atoms with Gasteiger partial charge in [-0.1, -0.05) is 70.6 Å². The molecule has 4 N–H and O–H groups in total. The van der Waals surface area contributed by atoms with Crippen LogP contribution in [0.2, 0.25) is 0 Å². The van der Waals surface area contributed by atoms with E-state index < -0.39 is 59.6 Å². The monoisotopic (exact) mass is 782 g/mol. The average Bonchev–Trinajstić information content (AvgIpc) is 3.51. The van der Waals surface area contributed by atoms with Crippen LogP contribution in [-0.2, 0) is 42.9 Å². The number of nitrogens with one attached hydrogen (secondary N) is 2. The van der Waals surface area contributed by atoms with Gasteiger partial charge in [-0.3, -0.25) is 19.2 Å². The van der Waals surface area contributed by atoms with E-state index >= 15 is 0 Å². The third-order valence-electron chi connectivity index (χ3n) is 12.2. The molecule has 1 aliphatic carbocycles. The van der Waals surface area contributed by atoms with Gasteiger partial charge in [-0.25, -0.2) is 0 Å². The number of fused-ring (bicyclic) bond motifs is 2. The second-order valence-electron chi connectivity index (χ2n) is 16.4. The number of aliphatic hydroxyl groups excluding tert-OH is 1. The van der Waals surface area contributed by atoms with Crippen LogP contribution < -0.4 is 10.6 Å². The van der Waals surface area contributed by atoms with Crippen molar-refractivity contribution in [3.05, 3.63) is 59.3 Å². The number of rotatable bonds is 9. The molecule has 0 radical (unpaired) electrons. The maximum atomic E-state index is 14.4. The first kappa shape index (κ1) is 43.5. The van der Waals surface area contributed by atoms with Crippen LogP contribution in [0.1, 0.15) is 92.9 Å². The molecule has 12 atom stereocenters. The van der Waals surface area contributed by atoms with Gasteiger partial charge in [0, 0.05) is 51.3 Å². The lowest BCUT2D eigenvalue weighted by molar-refractivity contribution is -0.340. The van der Waals surface area contributed by atoms with Crippen LogP contribution >= 0.6 is 0 Å². The van der Waals surface area contributed by atoms with E-state index in [9.17, 15) is 29.4 Å². The lowest BCUT2D eigenvalue weighted by atomic mass is 9.70. The van der Waals surface area contributed by atoms with Crippen LogP contribution in [0.25, 0.3) is 0 Å². The largest absolute Gasteiger partial charge is 0.462 e. The average molecular weight is 783 g/mol. The SMILES string of the molecule is CC[C@H](C)[C@H]1O[C@]2(CC[C@@H]1C)C[C@@H]1C[C@@H](C/C=C(\C)[C@@H](O)[C@@H](C)/C=C/C=C3\CO[C@@H]4[C@H](OC(=O)CCC(=O)NC/C=C/C(=O)NC)C(C)=C[C@@H](C(=O)O1)[C@]34O)O2. The third-order valence-corrected chi connectivity index (χ3v) is 12.2. The number of carbonyl (C=O) groups is 4. The molecule has 0 aromatic rings. The second kappa shape index (κ2) is 18.8. The van der Waals surface area contributed by atoms with Crippen molar-refractivity contribution >= 4 is 23.8 Å². The van der Waals surface area contributed by atoms with Crippen molar-refractivity contribution in [1.29, 1.82) is 0 Å². The number of ether oxygens (including phenoxy) is 5. The fourth-order valence-corrected chi connectivity index (χ4v) is 8.62. The molecule has 0 saturated carbocycles. The molecular formula is C43H62N2O11. The summed E-state index contributed by atoms with van der Waals surface area (Å²) in [6, 6.07) is 0. The molecular weight excluding hydrogens is 720 g/mol. The Labute approximate surface area is 330 Å². The van der Waals surface area contributed by atoms with Crippen LogP contribution in [-0.4, -0.2) is 102 Å². The van der Waals surface area contributed by atoms with Crippen molar-refractivity contribution in [3.8, 4) is 0 Å². The minimum absolute atomic E-state index is 0.0198. The van der Waals surface area contributed by atoms with Crippen molar-refractivity contribution < 1.29 is 53.1 Å². The van der Waals surface area contributed by atoms with E-state index in [0.717, 1.165) is 18.4 Å². The highest BCUT2D eigenvalue weighted by atomic mass is 16.7. The number of aliphatic hydroxyl groups is 2. The molecule has 3 saturated heterocycles. The van der Waals surface area contributed by atoms with Gasteiger partial charge >= 0.3 is 11.9 Å². The second-order valence-corrected chi connectivity index (χ2v) is 16.4. The van der Waals surface area contributed by atoms with Crippen molar-refractivity contribution in [2.45, 2.75) is 141 Å². The summed E-state index contributed by atoms with van der Waals surface area (Å²) in [6.45, 7) is 12.1. The summed E-state index contributed by atoms with van der Waals surface area (Å²) in [4.78, 5) is 51.3. The number of allylic oxidation sites excluding steroid dienone is 2. The van der Waals surface area contributed by atoms with E-state index in [4.69, 9.17) is 23.7 Å². The molecule has 4 aliphatic heterocycles. The zero-order valence-corrected chi connectivity index (χ0v) is 34.0. The summed E-state index contributed by atoms with van der Waals surface area (Å²) in [5, 5.41) is 29.0. The van der Waals surface area contributed by atoms with E-state index in [1.807, 2.05) is 26.0 Å². The third kappa shape index (κ3) is 9.90. The Bertz CT molecular complexity index is 1610. The Hall–Kier alpha value is -3.62. The predicted octanol–water partition coefficient (Wildman–Crippen LogP) is 4.28. The van der Waals surface area contributed by atoms with Crippen LogP contribution in [0.4, 0.5) is 0 Å². The predicted molar refractivity (Wildman–Crippen MR) is 207 cm³/mol. The highest BCUT2D eigenvalue weighted by Crippen LogP contribution is 2.48. The molecule has 4 heterocycles. The summed E-state index contributed by atoms with van der Waals surface area (Å²) < 4.78 is 32.0. The minimum Gasteiger partial charge on any atom is -0.462 e. The molecule has 3 fully saturated rings. The molecule has 56 heavy (non-hydrogen) atoms. The van der Waals surface area contributed by atoms with Gasteiger partial charge < -0.3 is 44.5 Å². The van der Waals surface area contributed by atoms with E-state index in [1.54, 1.807) is 25.2 Å². The number of hydrogen-bond acceptors (Lipinski definition) is 11. The van der Waals surface area contributed by atoms with Crippen molar-refractivity contribution in [2.75, 3.05) is 20.2 Å². The Balaban J connectivity index is 1.41. The van der Waals surface area contributed by atoms with Gasteiger partial charge in [-0.15, -0.1) is 0 Å². The van der Waals surface area contributed by atoms with Crippen LogP contribution in [0, 0.1) is 23.7 Å². The van der Waals surface area contributed by atoms with Gasteiger partial charge in [-0.05, 0) is 55.2 Å². The highest BCUT2D eigenvalue weighted by molar-refractivity contribution is 5.87. The summed E-state index contributed by atoms with van der Waals surface area (Å²) in [5.41, 5.74) is -0.233. The van der Waals surface area contributed by atoms with E-state index in [-0.39, 0.29) is 50.0 Å². The number of esters is 2. The quantitative estimate of drug-likeness (QED) is 0.149. The number of amides is 2. The van der Waals surface area contributed by atoms with E-state index in [0.29, 0.717) is 48.7 Å². The molecule has 0 aromatic heterocycles. The number of carbonyl (C=O) groups excluding carboxylic acids is 4. The van der Waals surface area contributed by atoms with Gasteiger partial charge in [0.15, 0.2) is 11.9 Å². The topological polar surface area (TPSA) is 179 Å². The minimum atomic E-state index is -1.93. The maximum absolute atomic E-state index is 14.4. The van der Waals surface area contributed by atoms with Crippen molar-refractivity contribution in [3.63, 3.8) is 0 Å². The van der Waals surface area contributed by atoms with Crippen LogP contribution in [0.15, 0.2) is 59.3 Å². The van der Waals surface area contributed by atoms with Gasteiger partial charge in [-0.2, -0.15) is 0 Å². The molecule has 2 amide bonds. The van der Waals surface area contributed by atoms with Gasteiger partial charge in [0.2, 0.25) is 11.8 Å². The zero-order valence-electron chi connectivity index (χ0n) is 34.0. The fourth-order valence-electron chi connectivity index (χ4n) is 8.62. The smallest absolute Gasteiger partial charge is 0.316 e. The molecule has 13 nitrogen and oxygen atoms in total. The lowest BCUT2D eigenvalue weighted by Gasteiger charge is -2.51. The molecule has 310 valence electrons. The molecule has 1 spiro atoms. The van der Waals surface area contributed by atoms with E-state index in [2.05, 4.69) is 31.4 Å². The number of likely N-dealkylation sites (N-methyl/N-ethyl adjacent to an activating group) is 1. The number of hydrogen-bond donors (Lipinski definition) is 4. The molecule has 5 aliphatic rings. The molecule has 0 aromatic carbocycles. The molecule has 0 unspecified atom stereocenters. The zero-order chi connectivity index (χ0) is 40.8. The first-order chi connectivity index (χ1) is 26.6. The van der Waals surface area contributed by atoms with Crippen molar-refractivity contribution in [1.82, 2.24) is 10.6 Å². The Morgan fingerprint density at radius 2 is 1.89 bits per heavy atom. The molecule has 13 heteroatoms. The first-order valence-electron chi connectivity index (χ1n) is 20.3. The normalized spacial score (nSPS) is 39.2. The summed E-state index contributed by atoms with van der Waals surface area (Å²) in [7, 11) is 1.50. The standard InChI is InChI=1S/C43H62N2O11/c1-8-25(2)38-28(5)18-19-42(56-38)23-32-22-31(55-42)15-14-27(4)37(49)26(3)11-9-12-30-24-52-40-39(29(6)21-33(41(50)53-32)43(30,40)51)54-36(48)17-16-35(47)45-20-10-13-34(46)44-7/h9-14,21,25-26,28,31-33,37-40,49,51H,8,15-20,22-24H2,1-7H3,(H,44,46)(H,45,47)/b11-9+,13-10+,27-14+,30-12+/t25-,26-,28-,31+,32-,33-,37-,38+,39+,40+,42+,43+/m0/s1. The molecule has 5 rings (SSSR count). The summed E-state index contributed by atoms with van der Waals surface area (Å²) >= 11 is 0. The summed E-state index contributed by atoms with van der Waals surface area (Å²) in [6.07, 6.45) is 11.1. The highest BCUT2D eigenvalue weighted by Gasteiger charge is 2.61. The van der Waals surface area contributed by atoms with Crippen LogP contribution in [0.5, 0.6) is 0 Å². The Kier molecular flexibility index (Phi) is 14.6.